The van der Waals surface area contributed by atoms with Gasteiger partial charge < -0.3 is 5.32 Å². The third-order valence-electron chi connectivity index (χ3n) is 3.64. The van der Waals surface area contributed by atoms with Gasteiger partial charge in [0, 0.05) is 30.4 Å². The molecule has 0 atom stereocenters. The van der Waals surface area contributed by atoms with Gasteiger partial charge in [-0.1, -0.05) is 6.07 Å². The van der Waals surface area contributed by atoms with Crippen LogP contribution in [0.2, 0.25) is 0 Å². The van der Waals surface area contributed by atoms with Crippen molar-refractivity contribution in [2.45, 2.75) is 19.8 Å². The molecule has 3 rings (SSSR count). The molecular formula is C18H17N3O. The van der Waals surface area contributed by atoms with Crippen LogP contribution in [0.25, 0.3) is 10.9 Å². The summed E-state index contributed by atoms with van der Waals surface area (Å²) < 4.78 is 0. The van der Waals surface area contributed by atoms with Gasteiger partial charge in [-0.3, -0.25) is 14.8 Å². The van der Waals surface area contributed by atoms with Crippen molar-refractivity contribution in [1.82, 2.24) is 9.97 Å². The van der Waals surface area contributed by atoms with Gasteiger partial charge in [0.2, 0.25) is 5.91 Å². The van der Waals surface area contributed by atoms with Crippen molar-refractivity contribution >= 4 is 22.5 Å². The summed E-state index contributed by atoms with van der Waals surface area (Å²) in [7, 11) is 0. The van der Waals surface area contributed by atoms with Crippen LogP contribution in [0, 0.1) is 6.92 Å². The highest BCUT2D eigenvalue weighted by Gasteiger charge is 2.08. The van der Waals surface area contributed by atoms with Crippen molar-refractivity contribution in [3.8, 4) is 0 Å². The minimum atomic E-state index is 0.00539. The lowest BCUT2D eigenvalue weighted by Crippen LogP contribution is -2.12. The van der Waals surface area contributed by atoms with Crippen LogP contribution in [0.5, 0.6) is 0 Å². The van der Waals surface area contributed by atoms with Crippen LogP contribution in [-0.4, -0.2) is 15.9 Å². The highest BCUT2D eigenvalue weighted by atomic mass is 16.1. The molecule has 1 aromatic carbocycles. The van der Waals surface area contributed by atoms with E-state index in [1.165, 1.54) is 0 Å². The average Bonchev–Trinajstić information content (AvgIpc) is 2.57. The fraction of sp³-hybridized carbons (Fsp3) is 0.167. The molecule has 0 saturated carbocycles. The largest absolute Gasteiger partial charge is 0.325 e. The Bertz CT molecular complexity index is 800. The van der Waals surface area contributed by atoms with Gasteiger partial charge in [-0.15, -0.1) is 0 Å². The maximum atomic E-state index is 12.2. The van der Waals surface area contributed by atoms with E-state index >= 15 is 0 Å². The number of benzene rings is 1. The molecule has 2 aromatic heterocycles. The number of carbonyl (C=O) groups is 1. The third kappa shape index (κ3) is 3.11. The Morgan fingerprint density at radius 2 is 1.91 bits per heavy atom. The van der Waals surface area contributed by atoms with Crippen LogP contribution in [-0.2, 0) is 11.2 Å². The first kappa shape index (κ1) is 14.2. The van der Waals surface area contributed by atoms with Crippen LogP contribution in [0.15, 0.2) is 55.0 Å². The summed E-state index contributed by atoms with van der Waals surface area (Å²) >= 11 is 0. The summed E-state index contributed by atoms with van der Waals surface area (Å²) in [6.07, 6.45) is 6.40. The average molecular weight is 291 g/mol. The van der Waals surface area contributed by atoms with E-state index in [9.17, 15) is 4.79 Å². The molecule has 0 fully saturated rings. The molecule has 3 aromatic rings. The molecule has 1 amide bonds. The summed E-state index contributed by atoms with van der Waals surface area (Å²) in [5.41, 5.74) is 3.95. The van der Waals surface area contributed by atoms with Crippen molar-refractivity contribution in [3.63, 3.8) is 0 Å². The van der Waals surface area contributed by atoms with Crippen LogP contribution in [0.4, 0.5) is 5.69 Å². The first-order chi connectivity index (χ1) is 10.7. The predicted molar refractivity (Wildman–Crippen MR) is 87.7 cm³/mol. The van der Waals surface area contributed by atoms with Crippen molar-refractivity contribution in [1.29, 1.82) is 0 Å². The molecule has 1 N–H and O–H groups in total. The van der Waals surface area contributed by atoms with Gasteiger partial charge in [0.05, 0.1) is 11.2 Å². The lowest BCUT2D eigenvalue weighted by Gasteiger charge is -2.10. The van der Waals surface area contributed by atoms with Gasteiger partial charge in [0.15, 0.2) is 0 Å². The zero-order valence-corrected chi connectivity index (χ0v) is 12.4. The number of fused-ring (bicyclic) bond motifs is 1. The normalized spacial score (nSPS) is 10.6. The highest BCUT2D eigenvalue weighted by molar-refractivity contribution is 6.01. The van der Waals surface area contributed by atoms with E-state index in [1.54, 1.807) is 18.6 Å². The Balaban J connectivity index is 1.73. The molecule has 0 aliphatic heterocycles. The van der Waals surface area contributed by atoms with Crippen LogP contribution in [0.3, 0.4) is 0 Å². The Labute approximate surface area is 129 Å². The topological polar surface area (TPSA) is 54.9 Å². The summed E-state index contributed by atoms with van der Waals surface area (Å²) in [5, 5.41) is 3.96. The number of pyridine rings is 2. The zero-order chi connectivity index (χ0) is 15.4. The predicted octanol–water partition coefficient (Wildman–Crippen LogP) is 3.51. The van der Waals surface area contributed by atoms with Crippen molar-refractivity contribution in [3.05, 3.63) is 66.1 Å². The molecule has 2 heterocycles. The van der Waals surface area contributed by atoms with Gasteiger partial charge in [-0.2, -0.15) is 0 Å². The molecule has 22 heavy (non-hydrogen) atoms. The Kier molecular flexibility index (Phi) is 4.10. The maximum Gasteiger partial charge on any atom is 0.224 e. The summed E-state index contributed by atoms with van der Waals surface area (Å²) in [6.45, 7) is 2.02. The molecule has 0 radical (unpaired) electrons. The number of hydrogen-bond acceptors (Lipinski definition) is 3. The molecule has 0 aliphatic carbocycles. The SMILES string of the molecule is Cc1ccc(NC(=O)CCc2ccncc2)c2cccnc12. The van der Waals surface area contributed by atoms with E-state index in [2.05, 4.69) is 15.3 Å². The number of nitrogens with one attached hydrogen (secondary N) is 1. The zero-order valence-electron chi connectivity index (χ0n) is 12.4. The number of aryl methyl sites for hydroxylation is 2. The monoisotopic (exact) mass is 291 g/mol. The van der Waals surface area contributed by atoms with E-state index in [4.69, 9.17) is 0 Å². The molecule has 0 unspecified atom stereocenters. The van der Waals surface area contributed by atoms with E-state index in [-0.39, 0.29) is 5.91 Å². The van der Waals surface area contributed by atoms with Gasteiger partial charge in [-0.05, 0) is 54.8 Å². The molecule has 0 bridgehead atoms. The van der Waals surface area contributed by atoms with E-state index in [1.807, 2.05) is 43.3 Å². The summed E-state index contributed by atoms with van der Waals surface area (Å²) in [4.78, 5) is 20.5. The minimum Gasteiger partial charge on any atom is -0.325 e. The molecule has 0 aliphatic rings. The summed E-state index contributed by atoms with van der Waals surface area (Å²) in [5.74, 6) is 0.00539. The quantitative estimate of drug-likeness (QED) is 0.800. The minimum absolute atomic E-state index is 0.00539. The van der Waals surface area contributed by atoms with Gasteiger partial charge in [-0.25, -0.2) is 0 Å². The molecule has 4 heteroatoms. The lowest BCUT2D eigenvalue weighted by atomic mass is 10.1. The Morgan fingerprint density at radius 3 is 2.73 bits per heavy atom. The van der Waals surface area contributed by atoms with Crippen molar-refractivity contribution < 1.29 is 4.79 Å². The number of rotatable bonds is 4. The fourth-order valence-corrected chi connectivity index (χ4v) is 2.44. The number of hydrogen-bond donors (Lipinski definition) is 1. The highest BCUT2D eigenvalue weighted by Crippen LogP contribution is 2.24. The second-order valence-electron chi connectivity index (χ2n) is 5.23. The standard InChI is InChI=1S/C18H17N3O/c1-13-4-6-16(15-3-2-10-20-18(13)15)21-17(22)7-5-14-8-11-19-12-9-14/h2-4,6,8-12H,5,7H2,1H3,(H,21,22). The number of anilines is 1. The summed E-state index contributed by atoms with van der Waals surface area (Å²) in [6, 6.07) is 11.6. The van der Waals surface area contributed by atoms with Crippen molar-refractivity contribution in [2.75, 3.05) is 5.32 Å². The molecule has 110 valence electrons. The van der Waals surface area contributed by atoms with Gasteiger partial charge in [0.25, 0.3) is 0 Å². The molecule has 0 saturated heterocycles. The molecule has 0 spiro atoms. The van der Waals surface area contributed by atoms with Gasteiger partial charge >= 0.3 is 0 Å². The number of aromatic nitrogens is 2. The van der Waals surface area contributed by atoms with Crippen LogP contribution >= 0.6 is 0 Å². The number of amides is 1. The first-order valence-corrected chi connectivity index (χ1v) is 7.27. The van der Waals surface area contributed by atoms with Crippen LogP contribution in [0.1, 0.15) is 17.5 Å². The number of nitrogens with zero attached hydrogens (tertiary/aromatic N) is 2. The lowest BCUT2D eigenvalue weighted by molar-refractivity contribution is -0.116. The van der Waals surface area contributed by atoms with Crippen LogP contribution < -0.4 is 5.32 Å². The van der Waals surface area contributed by atoms with Gasteiger partial charge in [0.1, 0.15) is 0 Å². The van der Waals surface area contributed by atoms with E-state index in [0.717, 1.165) is 27.7 Å². The Morgan fingerprint density at radius 1 is 1.09 bits per heavy atom. The fourth-order valence-electron chi connectivity index (χ4n) is 2.44. The van der Waals surface area contributed by atoms with E-state index in [0.29, 0.717) is 12.8 Å². The molecule has 4 nitrogen and oxygen atoms in total. The smallest absolute Gasteiger partial charge is 0.224 e. The second-order valence-corrected chi connectivity index (χ2v) is 5.23. The maximum absolute atomic E-state index is 12.2. The van der Waals surface area contributed by atoms with E-state index < -0.39 is 0 Å². The number of carbonyl (C=O) groups excluding carboxylic acids is 1. The Hall–Kier alpha value is -2.75. The van der Waals surface area contributed by atoms with Crippen molar-refractivity contribution in [2.24, 2.45) is 0 Å². The first-order valence-electron chi connectivity index (χ1n) is 7.27. The molecular weight excluding hydrogens is 274 g/mol. The second kappa shape index (κ2) is 6.35. The third-order valence-corrected chi connectivity index (χ3v) is 3.64.